The second-order valence-corrected chi connectivity index (χ2v) is 7.83. The van der Waals surface area contributed by atoms with Crippen molar-refractivity contribution in [1.29, 1.82) is 5.26 Å². The van der Waals surface area contributed by atoms with Gasteiger partial charge >= 0.3 is 0 Å². The second-order valence-electron chi connectivity index (χ2n) is 5.63. The lowest BCUT2D eigenvalue weighted by Gasteiger charge is -2.12. The third-order valence-corrected chi connectivity index (χ3v) is 5.83. The minimum absolute atomic E-state index is 0.654. The number of thioether (sulfide) groups is 2. The first-order chi connectivity index (χ1) is 12.2. The van der Waals surface area contributed by atoms with E-state index in [1.807, 2.05) is 36.4 Å². The van der Waals surface area contributed by atoms with Gasteiger partial charge in [0.15, 0.2) is 0 Å². The van der Waals surface area contributed by atoms with Gasteiger partial charge in [0.25, 0.3) is 0 Å². The molecule has 0 amide bonds. The largest absolute Gasteiger partial charge is 0.240 e. The number of rotatable bonds is 5. The van der Waals surface area contributed by atoms with Gasteiger partial charge in [0.1, 0.15) is 11.1 Å². The molecule has 0 fully saturated rings. The average Bonchev–Trinajstić information content (AvgIpc) is 2.67. The monoisotopic (exact) mass is 362 g/mol. The first kappa shape index (κ1) is 17.6. The number of aromatic nitrogens is 1. The highest BCUT2D eigenvalue weighted by Crippen LogP contribution is 2.34. The first-order valence-corrected chi connectivity index (χ1v) is 10.3. The van der Waals surface area contributed by atoms with Crippen molar-refractivity contribution >= 4 is 23.5 Å². The van der Waals surface area contributed by atoms with Gasteiger partial charge in [-0.25, -0.2) is 4.98 Å². The summed E-state index contributed by atoms with van der Waals surface area (Å²) in [7, 11) is 0. The fourth-order valence-electron chi connectivity index (χ4n) is 2.57. The maximum Gasteiger partial charge on any atom is 0.116 e. The molecule has 1 aromatic heterocycles. The lowest BCUT2D eigenvalue weighted by Crippen LogP contribution is -1.96. The summed E-state index contributed by atoms with van der Waals surface area (Å²) >= 11 is 3.36. The van der Waals surface area contributed by atoms with E-state index >= 15 is 0 Å². The number of nitrogens with zero attached hydrogens (tertiary/aromatic N) is 2. The summed E-state index contributed by atoms with van der Waals surface area (Å²) in [6, 6.07) is 22.8. The number of hydrogen-bond donors (Lipinski definition) is 0. The van der Waals surface area contributed by atoms with Crippen LogP contribution in [-0.4, -0.2) is 16.3 Å². The van der Waals surface area contributed by atoms with Crippen molar-refractivity contribution < 1.29 is 0 Å². The summed E-state index contributed by atoms with van der Waals surface area (Å²) < 4.78 is 0. The van der Waals surface area contributed by atoms with Crippen LogP contribution in [0.3, 0.4) is 0 Å². The van der Waals surface area contributed by atoms with Gasteiger partial charge in [-0.15, -0.1) is 0 Å². The normalized spacial score (nSPS) is 10.4. The first-order valence-electron chi connectivity index (χ1n) is 7.92. The molecule has 0 aliphatic carbocycles. The minimum Gasteiger partial charge on any atom is -0.240 e. The molecule has 2 nitrogen and oxygen atoms in total. The van der Waals surface area contributed by atoms with Gasteiger partial charge in [-0.2, -0.15) is 17.0 Å². The van der Waals surface area contributed by atoms with Crippen molar-refractivity contribution in [2.24, 2.45) is 0 Å². The van der Waals surface area contributed by atoms with E-state index in [1.54, 1.807) is 23.5 Å². The molecule has 0 aliphatic rings. The van der Waals surface area contributed by atoms with E-state index in [2.05, 4.69) is 43.5 Å². The van der Waals surface area contributed by atoms with E-state index in [0.717, 1.165) is 32.5 Å². The number of benzene rings is 2. The quantitative estimate of drug-likeness (QED) is 0.411. The van der Waals surface area contributed by atoms with Crippen LogP contribution in [0.25, 0.3) is 22.4 Å². The summed E-state index contributed by atoms with van der Waals surface area (Å²) in [5.41, 5.74) is 5.83. The summed E-state index contributed by atoms with van der Waals surface area (Å²) in [5, 5.41) is 11.4. The molecule has 0 bridgehead atoms. The summed E-state index contributed by atoms with van der Waals surface area (Å²) in [4.78, 5) is 4.79. The predicted molar refractivity (Wildman–Crippen MR) is 109 cm³/mol. The Morgan fingerprint density at radius 3 is 2.36 bits per heavy atom. The van der Waals surface area contributed by atoms with Gasteiger partial charge in [-0.05, 0) is 24.8 Å². The Balaban J connectivity index is 2.20. The molecule has 0 aliphatic heterocycles. The highest BCUT2D eigenvalue weighted by molar-refractivity contribution is 8.15. The van der Waals surface area contributed by atoms with Crippen molar-refractivity contribution in [3.63, 3.8) is 0 Å². The molecule has 0 saturated carbocycles. The fraction of sp³-hybridized carbons (Fsp3) is 0.143. The van der Waals surface area contributed by atoms with E-state index in [-0.39, 0.29) is 0 Å². The Labute approximate surface area is 157 Å². The van der Waals surface area contributed by atoms with Gasteiger partial charge in [0.05, 0.1) is 11.3 Å². The van der Waals surface area contributed by atoms with Crippen molar-refractivity contribution in [2.75, 3.05) is 11.3 Å². The summed E-state index contributed by atoms with van der Waals surface area (Å²) in [5.74, 6) is 0. The molecule has 4 heteroatoms. The van der Waals surface area contributed by atoms with Crippen LogP contribution in [0.1, 0.15) is 11.1 Å². The maximum atomic E-state index is 9.75. The van der Waals surface area contributed by atoms with E-state index < -0.39 is 0 Å². The molecule has 0 radical (unpaired) electrons. The zero-order valence-electron chi connectivity index (χ0n) is 14.2. The van der Waals surface area contributed by atoms with Crippen LogP contribution in [0.5, 0.6) is 0 Å². The number of pyridine rings is 1. The van der Waals surface area contributed by atoms with E-state index in [9.17, 15) is 5.26 Å². The van der Waals surface area contributed by atoms with Crippen LogP contribution in [-0.2, 0) is 0 Å². The Kier molecular flexibility index (Phi) is 5.80. The Morgan fingerprint density at radius 2 is 1.72 bits per heavy atom. The summed E-state index contributed by atoms with van der Waals surface area (Å²) in [6.45, 7) is 2.07. The molecule has 1 heterocycles. The summed E-state index contributed by atoms with van der Waals surface area (Å²) in [6.07, 6.45) is 2.06. The number of aryl methyl sites for hydroxylation is 1. The van der Waals surface area contributed by atoms with Crippen LogP contribution in [0.4, 0.5) is 0 Å². The Bertz CT molecular complexity index is 898. The lowest BCUT2D eigenvalue weighted by molar-refractivity contribution is 1.12. The van der Waals surface area contributed by atoms with Gasteiger partial charge < -0.3 is 0 Å². The minimum atomic E-state index is 0.654. The Morgan fingerprint density at radius 1 is 1.00 bits per heavy atom. The lowest BCUT2D eigenvalue weighted by atomic mass is 9.99. The average molecular weight is 363 g/mol. The van der Waals surface area contributed by atoms with Gasteiger partial charge in [0.2, 0.25) is 0 Å². The maximum absolute atomic E-state index is 9.75. The van der Waals surface area contributed by atoms with Crippen molar-refractivity contribution in [1.82, 2.24) is 4.98 Å². The molecular weight excluding hydrogens is 344 g/mol. The molecule has 0 spiro atoms. The fourth-order valence-corrected chi connectivity index (χ4v) is 3.95. The molecular formula is C21H18N2S2. The highest BCUT2D eigenvalue weighted by Gasteiger charge is 2.15. The van der Waals surface area contributed by atoms with Crippen LogP contribution >= 0.6 is 23.5 Å². The molecule has 124 valence electrons. The third-order valence-electron chi connectivity index (χ3n) is 3.84. The smallest absolute Gasteiger partial charge is 0.116 e. The van der Waals surface area contributed by atoms with Crippen molar-refractivity contribution in [3.05, 3.63) is 71.8 Å². The molecule has 0 atom stereocenters. The number of nitriles is 1. The molecule has 0 N–H and O–H groups in total. The van der Waals surface area contributed by atoms with Crippen molar-refractivity contribution in [3.8, 4) is 28.5 Å². The van der Waals surface area contributed by atoms with Crippen LogP contribution in [0.2, 0.25) is 0 Å². The van der Waals surface area contributed by atoms with Crippen LogP contribution < -0.4 is 0 Å². The zero-order valence-corrected chi connectivity index (χ0v) is 15.8. The Hall–Kier alpha value is -2.22. The van der Waals surface area contributed by atoms with E-state index in [1.165, 1.54) is 5.56 Å². The molecule has 0 unspecified atom stereocenters. The topological polar surface area (TPSA) is 36.7 Å². The van der Waals surface area contributed by atoms with E-state index in [0.29, 0.717) is 5.56 Å². The SMILES string of the molecule is CSCSc1nc(-c2ccc(C)cc2)cc(-c2ccccc2)c1C#N. The van der Waals surface area contributed by atoms with Crippen molar-refractivity contribution in [2.45, 2.75) is 11.9 Å². The number of hydrogen-bond acceptors (Lipinski definition) is 4. The third kappa shape index (κ3) is 4.07. The zero-order chi connectivity index (χ0) is 17.6. The van der Waals surface area contributed by atoms with Gasteiger partial charge in [-0.1, -0.05) is 71.9 Å². The van der Waals surface area contributed by atoms with Crippen LogP contribution in [0.15, 0.2) is 65.7 Å². The molecule has 3 aromatic rings. The molecule has 25 heavy (non-hydrogen) atoms. The van der Waals surface area contributed by atoms with Crippen LogP contribution in [0, 0.1) is 18.3 Å². The van der Waals surface area contributed by atoms with Gasteiger partial charge in [-0.3, -0.25) is 0 Å². The predicted octanol–water partition coefficient (Wildman–Crippen LogP) is 6.01. The highest BCUT2D eigenvalue weighted by atomic mass is 32.2. The second kappa shape index (κ2) is 8.24. The molecule has 2 aromatic carbocycles. The van der Waals surface area contributed by atoms with Gasteiger partial charge in [0, 0.05) is 16.2 Å². The molecule has 0 saturated heterocycles. The standard InChI is InChI=1S/C21H18N2S2/c1-15-8-10-17(11-9-15)20-12-18(16-6-4-3-5-7-16)19(13-22)21(23-20)25-14-24-2/h3-12H,14H2,1-2H3. The van der Waals surface area contributed by atoms with E-state index in [4.69, 9.17) is 4.98 Å². The molecule has 3 rings (SSSR count).